The van der Waals surface area contributed by atoms with E-state index in [1.165, 1.54) is 38.5 Å². The quantitative estimate of drug-likeness (QED) is 0.612. The maximum Gasteiger partial charge on any atom is 0.147 e. The highest BCUT2D eigenvalue weighted by Crippen LogP contribution is 2.64. The van der Waals surface area contributed by atoms with E-state index in [4.69, 9.17) is 4.74 Å². The third kappa shape index (κ3) is 3.46. The fourth-order valence-corrected chi connectivity index (χ4v) is 8.40. The first-order valence-electron chi connectivity index (χ1n) is 11.3. The van der Waals surface area contributed by atoms with Crippen LogP contribution in [-0.2, 0) is 9.53 Å². The number of carbonyl (C=O) groups excluding carboxylic acids is 1. The van der Waals surface area contributed by atoms with Gasteiger partial charge < -0.3 is 9.84 Å². The van der Waals surface area contributed by atoms with Gasteiger partial charge in [-0.1, -0.05) is 22.9 Å². The molecule has 0 radical (unpaired) electrons. The first-order chi connectivity index (χ1) is 12.9. The smallest absolute Gasteiger partial charge is 0.147 e. The molecule has 27 heavy (non-hydrogen) atoms. The molecule has 1 N–H and O–H groups in total. The van der Waals surface area contributed by atoms with Crippen molar-refractivity contribution in [3.63, 3.8) is 0 Å². The van der Waals surface area contributed by atoms with Crippen molar-refractivity contribution in [2.24, 2.45) is 40.9 Å². The summed E-state index contributed by atoms with van der Waals surface area (Å²) in [5.74, 6) is 4.58. The molecule has 0 bridgehead atoms. The zero-order valence-electron chi connectivity index (χ0n) is 17.1. The summed E-state index contributed by atoms with van der Waals surface area (Å²) in [5.41, 5.74) is -0.350. The number of halogens is 1. The van der Waals surface area contributed by atoms with Gasteiger partial charge in [-0.3, -0.25) is 4.79 Å². The molecule has 3 nitrogen and oxygen atoms in total. The summed E-state index contributed by atoms with van der Waals surface area (Å²) in [6, 6.07) is 0. The zero-order chi connectivity index (χ0) is 19.2. The van der Waals surface area contributed by atoms with Gasteiger partial charge in [-0.15, -0.1) is 0 Å². The Kier molecular flexibility index (Phi) is 5.82. The lowest BCUT2D eigenvalue weighted by molar-refractivity contribution is -0.136. The number of Topliss-reactive ketones (excluding diaryl/α,β-unsaturated/α-hetero) is 1. The number of alkyl halides is 1. The largest absolute Gasteiger partial charge is 0.387 e. The average Bonchev–Trinajstić information content (AvgIpc) is 3.02. The van der Waals surface area contributed by atoms with Gasteiger partial charge in [0.05, 0.1) is 17.5 Å². The van der Waals surface area contributed by atoms with Crippen LogP contribution in [-0.4, -0.2) is 35.0 Å². The van der Waals surface area contributed by atoms with Crippen molar-refractivity contribution < 1.29 is 14.6 Å². The van der Waals surface area contributed by atoms with Gasteiger partial charge in [0.25, 0.3) is 0 Å². The Labute approximate surface area is 173 Å². The van der Waals surface area contributed by atoms with Gasteiger partial charge >= 0.3 is 0 Å². The van der Waals surface area contributed by atoms with Crippen molar-refractivity contribution in [2.75, 3.05) is 18.5 Å². The molecule has 0 saturated heterocycles. The Morgan fingerprint density at radius 3 is 2.59 bits per heavy atom. The molecule has 0 spiro atoms. The number of hydrogen-bond acceptors (Lipinski definition) is 3. The summed E-state index contributed by atoms with van der Waals surface area (Å²) >= 11 is 3.42. The molecule has 0 aliphatic heterocycles. The molecule has 4 unspecified atom stereocenters. The Hall–Kier alpha value is 0.0700. The van der Waals surface area contributed by atoms with Gasteiger partial charge in [-0.2, -0.15) is 0 Å². The van der Waals surface area contributed by atoms with Gasteiger partial charge in [0.2, 0.25) is 0 Å². The number of aliphatic hydroxyl groups is 1. The van der Waals surface area contributed by atoms with Crippen molar-refractivity contribution in [3.8, 4) is 0 Å². The fourth-order valence-electron chi connectivity index (χ4n) is 8.01. The number of fused-ring (bicyclic) bond motifs is 5. The van der Waals surface area contributed by atoms with Crippen LogP contribution in [0.5, 0.6) is 0 Å². The summed E-state index contributed by atoms with van der Waals surface area (Å²) < 4.78 is 5.59. The summed E-state index contributed by atoms with van der Waals surface area (Å²) in [5, 5.41) is 11.5. The van der Waals surface area contributed by atoms with Crippen LogP contribution in [0.4, 0.5) is 0 Å². The topological polar surface area (TPSA) is 46.5 Å². The maximum absolute atomic E-state index is 12.5. The minimum atomic E-state index is -0.589. The number of ketones is 1. The van der Waals surface area contributed by atoms with E-state index in [1.54, 1.807) is 0 Å². The Bertz CT molecular complexity index is 566. The minimum Gasteiger partial charge on any atom is -0.387 e. The van der Waals surface area contributed by atoms with Crippen molar-refractivity contribution in [2.45, 2.75) is 77.2 Å². The average molecular weight is 441 g/mol. The van der Waals surface area contributed by atoms with E-state index in [0.717, 1.165) is 42.9 Å². The van der Waals surface area contributed by atoms with Crippen LogP contribution in [0, 0.1) is 40.9 Å². The second kappa shape index (κ2) is 7.72. The molecule has 4 saturated carbocycles. The van der Waals surface area contributed by atoms with Crippen LogP contribution < -0.4 is 0 Å². The Morgan fingerprint density at radius 2 is 1.85 bits per heavy atom. The molecular weight excluding hydrogens is 404 g/mol. The van der Waals surface area contributed by atoms with Crippen LogP contribution in [0.3, 0.4) is 0 Å². The van der Waals surface area contributed by atoms with Crippen LogP contribution in [0.1, 0.15) is 71.6 Å². The molecule has 0 heterocycles. The first-order valence-corrected chi connectivity index (χ1v) is 12.4. The molecule has 0 amide bonds. The number of ether oxygens (including phenoxy) is 1. The van der Waals surface area contributed by atoms with Gasteiger partial charge in [0.15, 0.2) is 0 Å². The monoisotopic (exact) mass is 440 g/mol. The van der Waals surface area contributed by atoms with E-state index in [2.05, 4.69) is 22.9 Å². The van der Waals surface area contributed by atoms with Crippen molar-refractivity contribution in [1.82, 2.24) is 0 Å². The minimum absolute atomic E-state index is 0.239. The summed E-state index contributed by atoms with van der Waals surface area (Å²) in [6.45, 7) is 5.64. The second-order valence-corrected chi connectivity index (χ2v) is 10.9. The van der Waals surface area contributed by atoms with Crippen molar-refractivity contribution >= 4 is 21.7 Å². The number of rotatable bonds is 5. The highest BCUT2D eigenvalue weighted by Gasteiger charge is 2.58. The molecule has 4 heteroatoms. The fraction of sp³-hybridized carbons (Fsp3) is 0.957. The van der Waals surface area contributed by atoms with E-state index in [1.807, 2.05) is 6.92 Å². The van der Waals surface area contributed by atoms with E-state index in [0.29, 0.717) is 30.2 Å². The molecule has 0 aromatic rings. The molecule has 0 aromatic carbocycles. The van der Waals surface area contributed by atoms with E-state index in [-0.39, 0.29) is 11.3 Å². The lowest BCUT2D eigenvalue weighted by Crippen LogP contribution is -2.52. The molecule has 8 atom stereocenters. The van der Waals surface area contributed by atoms with Crippen LogP contribution in [0.25, 0.3) is 0 Å². The van der Waals surface area contributed by atoms with Crippen LogP contribution in [0.15, 0.2) is 0 Å². The van der Waals surface area contributed by atoms with Crippen molar-refractivity contribution in [1.29, 1.82) is 0 Å². The SMILES string of the molecule is CCOC[C@@]1(O)CCC2[C@@H](CCC3[C@@H]2CCC2(C)C(C(=O)CBr)CC[C@@H]32)C1. The standard InChI is InChI=1S/C23H37BrO3/c1-3-27-14-23(26)11-9-16-15(12-23)4-5-18-17(16)8-10-22(2)19(18)6-7-20(22)21(25)13-24/h15-20,26H,3-14H2,1-2H3/t15-,16?,17+,18?,19-,20?,22?,23+/m0/s1. The van der Waals surface area contributed by atoms with E-state index >= 15 is 0 Å². The van der Waals surface area contributed by atoms with Crippen molar-refractivity contribution in [3.05, 3.63) is 0 Å². The number of hydrogen-bond donors (Lipinski definition) is 1. The molecule has 4 aliphatic carbocycles. The predicted molar refractivity (Wildman–Crippen MR) is 111 cm³/mol. The van der Waals surface area contributed by atoms with Gasteiger partial charge in [0, 0.05) is 12.5 Å². The predicted octanol–water partition coefficient (Wildman–Crippen LogP) is 4.99. The molecular formula is C23H37BrO3. The van der Waals surface area contributed by atoms with Gasteiger partial charge in [-0.25, -0.2) is 0 Å². The summed E-state index contributed by atoms with van der Waals surface area (Å²) in [7, 11) is 0. The highest BCUT2D eigenvalue weighted by atomic mass is 79.9. The van der Waals surface area contributed by atoms with Gasteiger partial charge in [0.1, 0.15) is 5.78 Å². The van der Waals surface area contributed by atoms with Gasteiger partial charge in [-0.05, 0) is 99.7 Å². The molecule has 0 aromatic heterocycles. The normalized spacial score (nSPS) is 49.2. The maximum atomic E-state index is 12.5. The van der Waals surface area contributed by atoms with E-state index < -0.39 is 5.60 Å². The second-order valence-electron chi connectivity index (χ2n) is 10.3. The Balaban J connectivity index is 1.47. The first kappa shape index (κ1) is 20.3. The highest BCUT2D eigenvalue weighted by molar-refractivity contribution is 9.09. The molecule has 4 rings (SSSR count). The van der Waals surface area contributed by atoms with Crippen LogP contribution in [0.2, 0.25) is 0 Å². The summed E-state index contributed by atoms with van der Waals surface area (Å²) in [4.78, 5) is 12.5. The number of carbonyl (C=O) groups is 1. The Morgan fingerprint density at radius 1 is 1.07 bits per heavy atom. The summed E-state index contributed by atoms with van der Waals surface area (Å²) in [6.07, 6.45) is 10.5. The molecule has 4 aliphatic rings. The molecule has 154 valence electrons. The zero-order valence-corrected chi connectivity index (χ0v) is 18.7. The lowest BCUT2D eigenvalue weighted by Gasteiger charge is -2.57. The molecule has 4 fully saturated rings. The lowest BCUT2D eigenvalue weighted by atomic mass is 9.49. The third-order valence-corrected chi connectivity index (χ3v) is 9.75. The third-order valence-electron chi connectivity index (χ3n) is 9.20. The van der Waals surface area contributed by atoms with E-state index in [9.17, 15) is 9.90 Å². The van der Waals surface area contributed by atoms with Crippen LogP contribution >= 0.6 is 15.9 Å².